The van der Waals surface area contributed by atoms with Crippen LogP contribution in [0.3, 0.4) is 0 Å². The molecule has 22 heavy (non-hydrogen) atoms. The first-order chi connectivity index (χ1) is 10.3. The summed E-state index contributed by atoms with van der Waals surface area (Å²) < 4.78 is 5.09. The van der Waals surface area contributed by atoms with Crippen molar-refractivity contribution in [2.45, 2.75) is 13.8 Å². The number of nitrogens with one attached hydrogen (secondary N) is 1. The Labute approximate surface area is 132 Å². The molecule has 8 heteroatoms. The fraction of sp³-hybridized carbons (Fsp3) is 0.571. The number of imide groups is 1. The smallest absolute Gasteiger partial charge is 0.327 e. The number of amides is 3. The fourth-order valence-electron chi connectivity index (χ4n) is 2.56. The lowest BCUT2D eigenvalue weighted by Gasteiger charge is -2.12. The zero-order valence-corrected chi connectivity index (χ0v) is 13.4. The molecule has 0 unspecified atom stereocenters. The molecule has 0 radical (unpaired) electrons. The van der Waals surface area contributed by atoms with Gasteiger partial charge in [0.05, 0.1) is 17.4 Å². The first kappa shape index (κ1) is 16.4. The minimum absolute atomic E-state index is 0.0735. The third-order valence-corrected chi connectivity index (χ3v) is 4.77. The van der Waals surface area contributed by atoms with Crippen LogP contribution in [0.4, 0.5) is 4.79 Å². The van der Waals surface area contributed by atoms with Crippen molar-refractivity contribution in [1.29, 1.82) is 5.26 Å². The van der Waals surface area contributed by atoms with Crippen LogP contribution in [-0.4, -0.2) is 42.3 Å². The monoisotopic (exact) mass is 323 g/mol. The van der Waals surface area contributed by atoms with Gasteiger partial charge in [-0.25, -0.2) is 9.69 Å². The summed E-state index contributed by atoms with van der Waals surface area (Å²) in [5, 5.41) is 11.3. The zero-order chi connectivity index (χ0) is 16.5. The van der Waals surface area contributed by atoms with E-state index >= 15 is 0 Å². The van der Waals surface area contributed by atoms with Gasteiger partial charge in [0, 0.05) is 0 Å². The van der Waals surface area contributed by atoms with Gasteiger partial charge in [-0.3, -0.25) is 9.59 Å². The number of hydrogen-bond donors (Lipinski definition) is 1. The molecule has 1 aliphatic heterocycles. The van der Waals surface area contributed by atoms with Gasteiger partial charge in [-0.1, -0.05) is 19.9 Å². The number of esters is 1. The highest BCUT2D eigenvalue weighted by Gasteiger charge is 2.61. The Morgan fingerprint density at radius 2 is 2.27 bits per heavy atom. The van der Waals surface area contributed by atoms with Gasteiger partial charge < -0.3 is 10.1 Å². The Morgan fingerprint density at radius 1 is 1.59 bits per heavy atom. The number of nitriles is 1. The van der Waals surface area contributed by atoms with E-state index in [0.717, 1.165) is 4.90 Å². The third kappa shape index (κ3) is 2.95. The van der Waals surface area contributed by atoms with Crippen LogP contribution >= 0.6 is 11.8 Å². The summed E-state index contributed by atoms with van der Waals surface area (Å²) in [6.45, 7) is 3.39. The molecule has 0 aromatic carbocycles. The van der Waals surface area contributed by atoms with Crippen molar-refractivity contribution >= 4 is 29.7 Å². The molecule has 1 N–H and O–H groups in total. The first-order valence-corrected chi connectivity index (χ1v) is 7.96. The molecule has 2 aliphatic rings. The molecule has 118 valence electrons. The van der Waals surface area contributed by atoms with E-state index < -0.39 is 17.9 Å². The number of rotatable bonds is 5. The summed E-state index contributed by atoms with van der Waals surface area (Å²) in [7, 11) is 0. The minimum Gasteiger partial charge on any atom is -0.443 e. The van der Waals surface area contributed by atoms with Gasteiger partial charge in [0.1, 0.15) is 6.07 Å². The Kier molecular flexibility index (Phi) is 4.47. The van der Waals surface area contributed by atoms with E-state index in [-0.39, 0.29) is 30.5 Å². The van der Waals surface area contributed by atoms with Gasteiger partial charge in [0.15, 0.2) is 6.73 Å². The normalized spacial score (nSPS) is 26.5. The number of carbonyl (C=O) groups excluding carboxylic acids is 3. The van der Waals surface area contributed by atoms with Crippen LogP contribution in [-0.2, 0) is 14.3 Å². The van der Waals surface area contributed by atoms with E-state index in [9.17, 15) is 14.4 Å². The van der Waals surface area contributed by atoms with E-state index in [1.807, 2.05) is 13.8 Å². The summed E-state index contributed by atoms with van der Waals surface area (Å²) in [6.07, 6.45) is 3.58. The molecule has 1 aliphatic carbocycles. The van der Waals surface area contributed by atoms with E-state index in [1.54, 1.807) is 12.3 Å². The standard InChI is InChI=1S/C14H17N3O4S/c1-14(2)9(4-8(5-15)22-3)11(14)12(19)21-7-17-10(18)6-16-13(17)20/h4,9,11H,6-7H2,1-3H3,(H,16,20)/b8-4+/t9-,11+/m1/s1. The fourth-order valence-corrected chi connectivity index (χ4v) is 2.93. The molecule has 2 atom stereocenters. The third-order valence-electron chi connectivity index (χ3n) is 4.10. The maximum atomic E-state index is 12.1. The summed E-state index contributed by atoms with van der Waals surface area (Å²) >= 11 is 1.33. The molecule has 1 heterocycles. The average Bonchev–Trinajstić information content (AvgIpc) is 2.86. The van der Waals surface area contributed by atoms with Crippen LogP contribution in [0.5, 0.6) is 0 Å². The minimum atomic E-state index is -0.557. The number of allylic oxidation sites excluding steroid dienone is 2. The summed E-state index contributed by atoms with van der Waals surface area (Å²) in [6, 6.07) is 1.52. The van der Waals surface area contributed by atoms with E-state index in [1.165, 1.54) is 11.8 Å². The molecule has 1 saturated carbocycles. The second kappa shape index (κ2) is 6.01. The lowest BCUT2D eigenvalue weighted by atomic mass is 10.1. The molecule has 1 saturated heterocycles. The second-order valence-electron chi connectivity index (χ2n) is 5.74. The molecule has 3 amide bonds. The van der Waals surface area contributed by atoms with E-state index in [2.05, 4.69) is 11.4 Å². The van der Waals surface area contributed by atoms with Crippen LogP contribution in [0.25, 0.3) is 0 Å². The van der Waals surface area contributed by atoms with Crippen molar-refractivity contribution in [3.63, 3.8) is 0 Å². The molecule has 0 aromatic rings. The van der Waals surface area contributed by atoms with Crippen molar-refractivity contribution in [3.05, 3.63) is 11.0 Å². The van der Waals surface area contributed by atoms with Crippen LogP contribution in [0.15, 0.2) is 11.0 Å². The van der Waals surface area contributed by atoms with Crippen molar-refractivity contribution in [3.8, 4) is 6.07 Å². The van der Waals surface area contributed by atoms with E-state index in [0.29, 0.717) is 4.91 Å². The largest absolute Gasteiger partial charge is 0.443 e. The van der Waals surface area contributed by atoms with Gasteiger partial charge in [-0.05, 0) is 17.6 Å². The van der Waals surface area contributed by atoms with Crippen LogP contribution < -0.4 is 5.32 Å². The maximum absolute atomic E-state index is 12.1. The molecular formula is C14H17N3O4S. The number of carbonyl (C=O) groups is 3. The molecule has 2 rings (SSSR count). The van der Waals surface area contributed by atoms with Gasteiger partial charge >= 0.3 is 12.0 Å². The van der Waals surface area contributed by atoms with Gasteiger partial charge in [0.25, 0.3) is 5.91 Å². The summed E-state index contributed by atoms with van der Waals surface area (Å²) in [5.41, 5.74) is -0.299. The molecule has 0 spiro atoms. The highest BCUT2D eigenvalue weighted by atomic mass is 32.2. The number of ether oxygens (including phenoxy) is 1. The second-order valence-corrected chi connectivity index (χ2v) is 6.59. The number of hydrogen-bond acceptors (Lipinski definition) is 6. The predicted octanol–water partition coefficient (Wildman–Crippen LogP) is 1.08. The van der Waals surface area contributed by atoms with Crippen LogP contribution in [0.1, 0.15) is 13.8 Å². The lowest BCUT2D eigenvalue weighted by molar-refractivity contribution is -0.151. The van der Waals surface area contributed by atoms with Gasteiger partial charge in [0.2, 0.25) is 0 Å². The quantitative estimate of drug-likeness (QED) is 0.462. The average molecular weight is 323 g/mol. The topological polar surface area (TPSA) is 99.5 Å². The summed E-state index contributed by atoms with van der Waals surface area (Å²) in [4.78, 5) is 36.3. The van der Waals surface area contributed by atoms with Gasteiger partial charge in [-0.15, -0.1) is 11.8 Å². The van der Waals surface area contributed by atoms with E-state index in [4.69, 9.17) is 10.00 Å². The lowest BCUT2D eigenvalue weighted by Crippen LogP contribution is -2.34. The SMILES string of the molecule is CS/C(C#N)=C/[C@@H]1[C@@H](C(=O)OCN2C(=O)CNC2=O)C1(C)C. The summed E-state index contributed by atoms with van der Waals surface area (Å²) in [5.74, 6) is -1.33. The number of urea groups is 1. The van der Waals surface area contributed by atoms with Gasteiger partial charge in [-0.2, -0.15) is 5.26 Å². The predicted molar refractivity (Wildman–Crippen MR) is 79.2 cm³/mol. The van der Waals surface area contributed by atoms with Crippen LogP contribution in [0.2, 0.25) is 0 Å². The van der Waals surface area contributed by atoms with Crippen LogP contribution in [0, 0.1) is 28.6 Å². The molecule has 0 bridgehead atoms. The van der Waals surface area contributed by atoms with Crippen molar-refractivity contribution in [2.75, 3.05) is 19.5 Å². The Balaban J connectivity index is 1.96. The Bertz CT molecular complexity index is 577. The molecule has 2 fully saturated rings. The molecular weight excluding hydrogens is 306 g/mol. The Morgan fingerprint density at radius 3 is 2.77 bits per heavy atom. The maximum Gasteiger partial charge on any atom is 0.327 e. The highest BCUT2D eigenvalue weighted by molar-refractivity contribution is 8.02. The molecule has 7 nitrogen and oxygen atoms in total. The van der Waals surface area contributed by atoms with Crippen molar-refractivity contribution in [2.24, 2.45) is 17.3 Å². The highest BCUT2D eigenvalue weighted by Crippen LogP contribution is 2.60. The zero-order valence-electron chi connectivity index (χ0n) is 12.6. The number of thioether (sulfide) groups is 1. The molecule has 0 aromatic heterocycles. The first-order valence-electron chi connectivity index (χ1n) is 6.73. The Hall–Kier alpha value is -2.01. The number of nitrogens with zero attached hydrogens (tertiary/aromatic N) is 2. The van der Waals surface area contributed by atoms with Crippen molar-refractivity contribution in [1.82, 2.24) is 10.2 Å². The van der Waals surface area contributed by atoms with Crippen molar-refractivity contribution < 1.29 is 19.1 Å².